The van der Waals surface area contributed by atoms with E-state index >= 15 is 0 Å². The minimum absolute atomic E-state index is 0.159. The van der Waals surface area contributed by atoms with Crippen LogP contribution in [0.3, 0.4) is 0 Å². The van der Waals surface area contributed by atoms with Crippen molar-refractivity contribution in [3.05, 3.63) is 51.6 Å². The second-order valence-electron chi connectivity index (χ2n) is 4.85. The van der Waals surface area contributed by atoms with Gasteiger partial charge in [0.05, 0.1) is 10.6 Å². The van der Waals surface area contributed by atoms with Crippen molar-refractivity contribution in [2.45, 2.75) is 13.8 Å². The highest BCUT2D eigenvalue weighted by Crippen LogP contribution is 2.34. The molecule has 1 aliphatic rings. The maximum atomic E-state index is 13.8. The number of aryl methyl sites for hydroxylation is 1. The van der Waals surface area contributed by atoms with Crippen molar-refractivity contribution in [2.24, 2.45) is 4.99 Å². The molecule has 23 heavy (non-hydrogen) atoms. The molecule has 0 bridgehead atoms. The molecule has 1 fully saturated rings. The van der Waals surface area contributed by atoms with E-state index in [9.17, 15) is 9.18 Å². The number of hydrogen-bond acceptors (Lipinski definition) is 5. The third-order valence-corrected chi connectivity index (χ3v) is 5.05. The average molecular weight is 347 g/mol. The number of thioether (sulfide) groups is 1. The Kier molecular flexibility index (Phi) is 4.58. The van der Waals surface area contributed by atoms with Gasteiger partial charge < -0.3 is 0 Å². The van der Waals surface area contributed by atoms with Gasteiger partial charge in [-0.3, -0.25) is 9.69 Å². The van der Waals surface area contributed by atoms with E-state index in [1.54, 1.807) is 29.2 Å². The van der Waals surface area contributed by atoms with Crippen LogP contribution in [0.5, 0.6) is 0 Å². The van der Waals surface area contributed by atoms with Crippen molar-refractivity contribution in [1.82, 2.24) is 9.88 Å². The molecule has 1 aliphatic heterocycles. The molecule has 4 nitrogen and oxygen atoms in total. The molecule has 0 aliphatic carbocycles. The molecule has 2 aromatic rings. The van der Waals surface area contributed by atoms with Crippen molar-refractivity contribution in [2.75, 3.05) is 6.54 Å². The fourth-order valence-electron chi connectivity index (χ4n) is 2.08. The number of amidine groups is 1. The van der Waals surface area contributed by atoms with Crippen LogP contribution in [0, 0.1) is 12.7 Å². The maximum absolute atomic E-state index is 13.8. The molecule has 1 aromatic carbocycles. The number of aromatic nitrogens is 1. The van der Waals surface area contributed by atoms with Crippen LogP contribution in [-0.4, -0.2) is 27.5 Å². The summed E-state index contributed by atoms with van der Waals surface area (Å²) in [5, 5.41) is 3.10. The molecule has 0 unspecified atom stereocenters. The summed E-state index contributed by atoms with van der Waals surface area (Å²) in [7, 11) is 0. The Morgan fingerprint density at radius 1 is 1.39 bits per heavy atom. The van der Waals surface area contributed by atoms with E-state index in [2.05, 4.69) is 9.98 Å². The van der Waals surface area contributed by atoms with Crippen LogP contribution in [-0.2, 0) is 4.79 Å². The van der Waals surface area contributed by atoms with Gasteiger partial charge in [0.1, 0.15) is 5.82 Å². The normalized spacial score (nSPS) is 18.4. The lowest BCUT2D eigenvalue weighted by Crippen LogP contribution is -2.28. The van der Waals surface area contributed by atoms with Gasteiger partial charge in [-0.2, -0.15) is 4.99 Å². The van der Waals surface area contributed by atoms with E-state index < -0.39 is 0 Å². The third-order valence-electron chi connectivity index (χ3n) is 3.19. The molecule has 7 heteroatoms. The van der Waals surface area contributed by atoms with E-state index in [1.165, 1.54) is 29.2 Å². The number of hydrogen-bond donors (Lipinski definition) is 0. The quantitative estimate of drug-likeness (QED) is 0.781. The van der Waals surface area contributed by atoms with Crippen molar-refractivity contribution in [3.63, 3.8) is 0 Å². The Morgan fingerprint density at radius 3 is 2.83 bits per heavy atom. The first-order chi connectivity index (χ1) is 11.1. The fourth-order valence-corrected chi connectivity index (χ4v) is 3.84. The Bertz CT molecular complexity index is 813. The van der Waals surface area contributed by atoms with Crippen molar-refractivity contribution in [3.8, 4) is 0 Å². The van der Waals surface area contributed by atoms with Crippen LogP contribution >= 0.6 is 23.1 Å². The standard InChI is InChI=1S/C16H14FN3OS2/c1-3-20-14(21)13(8-11-6-4-5-7-12(11)17)23-16(20)19-15-18-10(2)9-22-15/h4-9H,3H2,1-2H3/b13-8-,19-16+. The van der Waals surface area contributed by atoms with Crippen molar-refractivity contribution in [1.29, 1.82) is 0 Å². The summed E-state index contributed by atoms with van der Waals surface area (Å²) in [5.41, 5.74) is 1.29. The molecule has 0 N–H and O–H groups in total. The topological polar surface area (TPSA) is 45.6 Å². The zero-order valence-electron chi connectivity index (χ0n) is 12.6. The highest BCUT2D eigenvalue weighted by molar-refractivity contribution is 8.18. The number of carbonyl (C=O) groups is 1. The Balaban J connectivity index is 1.95. The predicted octanol–water partition coefficient (Wildman–Crippen LogP) is 4.21. The maximum Gasteiger partial charge on any atom is 0.266 e. The molecule has 1 saturated heterocycles. The molecule has 1 aromatic heterocycles. The molecule has 0 saturated carbocycles. The van der Waals surface area contributed by atoms with Gasteiger partial charge in [-0.1, -0.05) is 18.2 Å². The van der Waals surface area contributed by atoms with E-state index in [-0.39, 0.29) is 11.7 Å². The smallest absolute Gasteiger partial charge is 0.266 e. The van der Waals surface area contributed by atoms with Gasteiger partial charge in [0.25, 0.3) is 5.91 Å². The zero-order valence-corrected chi connectivity index (χ0v) is 14.2. The van der Waals surface area contributed by atoms with Crippen LogP contribution in [0.1, 0.15) is 18.2 Å². The highest BCUT2D eigenvalue weighted by atomic mass is 32.2. The number of rotatable bonds is 3. The van der Waals surface area contributed by atoms with E-state index in [0.717, 1.165) is 5.69 Å². The van der Waals surface area contributed by atoms with Crippen LogP contribution in [0.25, 0.3) is 6.08 Å². The van der Waals surface area contributed by atoms with Gasteiger partial charge in [-0.25, -0.2) is 9.37 Å². The van der Waals surface area contributed by atoms with E-state index in [4.69, 9.17) is 0 Å². The van der Waals surface area contributed by atoms with Crippen molar-refractivity contribution >= 4 is 45.4 Å². The first kappa shape index (κ1) is 15.9. The molecule has 0 atom stereocenters. The third kappa shape index (κ3) is 3.35. The molecule has 1 amide bonds. The van der Waals surface area contributed by atoms with Gasteiger partial charge in [0.15, 0.2) is 5.17 Å². The van der Waals surface area contributed by atoms with Crippen LogP contribution in [0.2, 0.25) is 0 Å². The Morgan fingerprint density at radius 2 is 2.17 bits per heavy atom. The number of amides is 1. The number of thiazole rings is 1. The van der Waals surface area contributed by atoms with Gasteiger partial charge in [-0.15, -0.1) is 11.3 Å². The molecule has 118 valence electrons. The highest BCUT2D eigenvalue weighted by Gasteiger charge is 2.32. The lowest BCUT2D eigenvalue weighted by Gasteiger charge is -2.11. The second kappa shape index (κ2) is 6.64. The summed E-state index contributed by atoms with van der Waals surface area (Å²) in [5.74, 6) is -0.509. The van der Waals surface area contributed by atoms with Crippen LogP contribution in [0.15, 0.2) is 39.5 Å². The Labute approximate surface area is 141 Å². The molecule has 3 rings (SSSR count). The molecular weight excluding hydrogens is 333 g/mol. The Hall–Kier alpha value is -1.99. The van der Waals surface area contributed by atoms with Gasteiger partial charge >= 0.3 is 0 Å². The first-order valence-electron chi connectivity index (χ1n) is 7.05. The summed E-state index contributed by atoms with van der Waals surface area (Å²) in [6.45, 7) is 4.28. The largest absolute Gasteiger partial charge is 0.287 e. The number of aliphatic imine (C=N–C) groups is 1. The second-order valence-corrected chi connectivity index (χ2v) is 6.69. The monoisotopic (exact) mass is 347 g/mol. The first-order valence-corrected chi connectivity index (χ1v) is 8.75. The molecule has 2 heterocycles. The minimum atomic E-state index is -0.350. The summed E-state index contributed by atoms with van der Waals surface area (Å²) in [6, 6.07) is 6.38. The van der Waals surface area contributed by atoms with Crippen LogP contribution < -0.4 is 0 Å². The number of nitrogens with zero attached hydrogens (tertiary/aromatic N) is 3. The summed E-state index contributed by atoms with van der Waals surface area (Å²) in [4.78, 5) is 23.3. The predicted molar refractivity (Wildman–Crippen MR) is 93.3 cm³/mol. The summed E-state index contributed by atoms with van der Waals surface area (Å²) in [6.07, 6.45) is 1.57. The number of likely N-dealkylation sites (N-methyl/N-ethyl adjacent to an activating group) is 1. The number of benzene rings is 1. The average Bonchev–Trinajstić information content (AvgIpc) is 3.06. The number of halogens is 1. The fraction of sp³-hybridized carbons (Fsp3) is 0.188. The summed E-state index contributed by atoms with van der Waals surface area (Å²) < 4.78 is 13.8. The lowest BCUT2D eigenvalue weighted by atomic mass is 10.2. The lowest BCUT2D eigenvalue weighted by molar-refractivity contribution is -0.122. The van der Waals surface area contributed by atoms with E-state index in [0.29, 0.717) is 27.3 Å². The van der Waals surface area contributed by atoms with Gasteiger partial charge in [0.2, 0.25) is 5.13 Å². The molecule has 0 radical (unpaired) electrons. The SMILES string of the molecule is CCN1C(=O)/C(=C/c2ccccc2F)S/C1=N/c1nc(C)cs1. The molecule has 0 spiro atoms. The van der Waals surface area contributed by atoms with Crippen molar-refractivity contribution < 1.29 is 9.18 Å². The van der Waals surface area contributed by atoms with Gasteiger partial charge in [0, 0.05) is 17.5 Å². The zero-order chi connectivity index (χ0) is 16.4. The number of carbonyl (C=O) groups excluding carboxylic acids is 1. The van der Waals surface area contributed by atoms with Gasteiger partial charge in [-0.05, 0) is 37.8 Å². The van der Waals surface area contributed by atoms with E-state index in [1.807, 2.05) is 19.2 Å². The van der Waals surface area contributed by atoms with Crippen LogP contribution in [0.4, 0.5) is 9.52 Å². The minimum Gasteiger partial charge on any atom is -0.287 e. The summed E-state index contributed by atoms with van der Waals surface area (Å²) >= 11 is 2.68. The molecular formula is C16H14FN3OS2.